The Morgan fingerprint density at radius 3 is 2.53 bits per heavy atom. The first-order chi connectivity index (χ1) is 14.4. The highest BCUT2D eigenvalue weighted by Crippen LogP contribution is 2.26. The Morgan fingerprint density at radius 1 is 1.23 bits per heavy atom. The Labute approximate surface area is 178 Å². The van der Waals surface area contributed by atoms with E-state index in [9.17, 15) is 9.59 Å². The van der Waals surface area contributed by atoms with Crippen LogP contribution in [0.5, 0.6) is 5.75 Å². The molecule has 160 valence electrons. The van der Waals surface area contributed by atoms with Gasteiger partial charge in [-0.1, -0.05) is 31.2 Å². The molecule has 0 unspecified atom stereocenters. The largest absolute Gasteiger partial charge is 0.496 e. The SMILES string of the molecule is C=CCc1cccc(OC)c1C(=O)O[C@@H](/C=C\C#N)C[C@H](OC(C)=O)[C@@H](C)CC=C. The number of hydrogen-bond donors (Lipinski definition) is 0. The summed E-state index contributed by atoms with van der Waals surface area (Å²) in [6.45, 7) is 10.7. The van der Waals surface area contributed by atoms with Gasteiger partial charge in [0.25, 0.3) is 0 Å². The quantitative estimate of drug-likeness (QED) is 0.285. The van der Waals surface area contributed by atoms with Crippen LogP contribution in [0.25, 0.3) is 0 Å². The van der Waals surface area contributed by atoms with Gasteiger partial charge in [-0.25, -0.2) is 4.79 Å². The second kappa shape index (κ2) is 13.0. The van der Waals surface area contributed by atoms with Gasteiger partial charge in [0.15, 0.2) is 0 Å². The second-order valence-corrected chi connectivity index (χ2v) is 6.80. The summed E-state index contributed by atoms with van der Waals surface area (Å²) in [6, 6.07) is 7.17. The molecule has 6 nitrogen and oxygen atoms in total. The van der Waals surface area contributed by atoms with Crippen molar-refractivity contribution in [1.82, 2.24) is 0 Å². The van der Waals surface area contributed by atoms with E-state index in [1.165, 1.54) is 26.2 Å². The van der Waals surface area contributed by atoms with Crippen molar-refractivity contribution in [2.24, 2.45) is 5.92 Å². The number of rotatable bonds is 12. The fraction of sp³-hybridized carbons (Fsp3) is 0.375. The average molecular weight is 411 g/mol. The summed E-state index contributed by atoms with van der Waals surface area (Å²) in [6.07, 6.45) is 6.18. The number of methoxy groups -OCH3 is 1. The summed E-state index contributed by atoms with van der Waals surface area (Å²) in [5, 5.41) is 8.93. The van der Waals surface area contributed by atoms with E-state index in [2.05, 4.69) is 13.2 Å². The predicted octanol–water partition coefficient (Wildman–Crippen LogP) is 4.56. The lowest BCUT2D eigenvalue weighted by Gasteiger charge is -2.26. The Bertz CT molecular complexity index is 821. The molecule has 0 N–H and O–H groups in total. The lowest BCUT2D eigenvalue weighted by Crippen LogP contribution is -2.30. The minimum absolute atomic E-state index is 0.0364. The summed E-state index contributed by atoms with van der Waals surface area (Å²) >= 11 is 0. The van der Waals surface area contributed by atoms with Crippen molar-refractivity contribution in [3.63, 3.8) is 0 Å². The van der Waals surface area contributed by atoms with Crippen molar-refractivity contribution < 1.29 is 23.8 Å². The van der Waals surface area contributed by atoms with Crippen LogP contribution in [0.4, 0.5) is 0 Å². The van der Waals surface area contributed by atoms with Crippen molar-refractivity contribution in [1.29, 1.82) is 5.26 Å². The van der Waals surface area contributed by atoms with E-state index in [0.717, 1.165) is 0 Å². The van der Waals surface area contributed by atoms with Crippen LogP contribution in [-0.4, -0.2) is 31.3 Å². The Kier molecular flexibility index (Phi) is 10.7. The fourth-order valence-electron chi connectivity index (χ4n) is 3.07. The van der Waals surface area contributed by atoms with Crippen LogP contribution in [0.1, 0.15) is 42.6 Å². The highest BCUT2D eigenvalue weighted by Gasteiger charge is 2.27. The number of carbonyl (C=O) groups excluding carboxylic acids is 2. The lowest BCUT2D eigenvalue weighted by molar-refractivity contribution is -0.150. The average Bonchev–Trinajstić information content (AvgIpc) is 2.71. The molecule has 0 aliphatic rings. The summed E-state index contributed by atoms with van der Waals surface area (Å²) < 4.78 is 16.5. The maximum absolute atomic E-state index is 13.0. The molecule has 0 fully saturated rings. The van der Waals surface area contributed by atoms with Gasteiger partial charge in [-0.15, -0.1) is 13.2 Å². The zero-order chi connectivity index (χ0) is 22.5. The third-order valence-corrected chi connectivity index (χ3v) is 4.50. The number of allylic oxidation sites excluding steroid dienone is 3. The molecule has 0 aliphatic carbocycles. The molecular formula is C24H29NO5. The molecule has 6 heteroatoms. The first-order valence-corrected chi connectivity index (χ1v) is 9.70. The van der Waals surface area contributed by atoms with Gasteiger partial charge in [0.05, 0.1) is 13.2 Å². The number of esters is 2. The van der Waals surface area contributed by atoms with Gasteiger partial charge >= 0.3 is 11.9 Å². The van der Waals surface area contributed by atoms with Crippen LogP contribution < -0.4 is 4.74 Å². The van der Waals surface area contributed by atoms with Crippen LogP contribution in [0, 0.1) is 17.2 Å². The monoisotopic (exact) mass is 411 g/mol. The van der Waals surface area contributed by atoms with Crippen molar-refractivity contribution in [3.8, 4) is 11.8 Å². The number of benzene rings is 1. The molecular weight excluding hydrogens is 382 g/mol. The molecule has 1 rings (SSSR count). The van der Waals surface area contributed by atoms with Crippen molar-refractivity contribution in [2.45, 2.75) is 45.3 Å². The topological polar surface area (TPSA) is 85.6 Å². The van der Waals surface area contributed by atoms with Crippen LogP contribution in [0.3, 0.4) is 0 Å². The predicted molar refractivity (Wildman–Crippen MR) is 115 cm³/mol. The van der Waals surface area contributed by atoms with Gasteiger partial charge in [-0.3, -0.25) is 4.79 Å². The summed E-state index contributed by atoms with van der Waals surface area (Å²) in [7, 11) is 1.48. The van der Waals surface area contributed by atoms with E-state index < -0.39 is 24.1 Å². The zero-order valence-corrected chi connectivity index (χ0v) is 17.8. The highest BCUT2D eigenvalue weighted by molar-refractivity contribution is 5.94. The number of hydrogen-bond acceptors (Lipinski definition) is 6. The Hall–Kier alpha value is -3.33. The van der Waals surface area contributed by atoms with E-state index in [0.29, 0.717) is 29.7 Å². The molecule has 3 atom stereocenters. The van der Waals surface area contributed by atoms with Crippen molar-refractivity contribution in [3.05, 3.63) is 66.8 Å². The number of ether oxygens (including phenoxy) is 3. The van der Waals surface area contributed by atoms with E-state index in [1.807, 2.05) is 13.0 Å². The van der Waals surface area contributed by atoms with Crippen molar-refractivity contribution >= 4 is 11.9 Å². The molecule has 0 heterocycles. The number of nitrogens with zero attached hydrogens (tertiary/aromatic N) is 1. The molecule has 1 aromatic rings. The van der Waals surface area contributed by atoms with Crippen LogP contribution >= 0.6 is 0 Å². The highest BCUT2D eigenvalue weighted by atomic mass is 16.6. The smallest absolute Gasteiger partial charge is 0.342 e. The molecule has 0 aliphatic heterocycles. The minimum atomic E-state index is -0.768. The molecule has 0 bridgehead atoms. The molecule has 0 spiro atoms. The third kappa shape index (κ3) is 7.59. The van der Waals surface area contributed by atoms with Gasteiger partial charge in [0.2, 0.25) is 0 Å². The normalized spacial score (nSPS) is 13.5. The first-order valence-electron chi connectivity index (χ1n) is 9.70. The third-order valence-electron chi connectivity index (χ3n) is 4.50. The molecule has 0 saturated heterocycles. The van der Waals surface area contributed by atoms with E-state index >= 15 is 0 Å². The molecule has 30 heavy (non-hydrogen) atoms. The first kappa shape index (κ1) is 24.7. The Morgan fingerprint density at radius 2 is 1.97 bits per heavy atom. The van der Waals surface area contributed by atoms with Gasteiger partial charge in [0, 0.05) is 19.4 Å². The minimum Gasteiger partial charge on any atom is -0.496 e. The maximum Gasteiger partial charge on any atom is 0.342 e. The Balaban J connectivity index is 3.18. The second-order valence-electron chi connectivity index (χ2n) is 6.80. The summed E-state index contributed by atoms with van der Waals surface area (Å²) in [5.74, 6) is -0.664. The number of carbonyl (C=O) groups is 2. The van der Waals surface area contributed by atoms with Gasteiger partial charge in [0.1, 0.15) is 23.5 Å². The molecule has 1 aromatic carbocycles. The summed E-state index contributed by atoms with van der Waals surface area (Å²) in [5.41, 5.74) is 1.02. The lowest BCUT2D eigenvalue weighted by atomic mass is 9.95. The zero-order valence-electron chi connectivity index (χ0n) is 17.8. The van der Waals surface area contributed by atoms with Gasteiger partial charge < -0.3 is 14.2 Å². The number of nitriles is 1. The molecule has 0 saturated carbocycles. The van der Waals surface area contributed by atoms with Crippen LogP contribution in [0.2, 0.25) is 0 Å². The molecule has 0 aromatic heterocycles. The van der Waals surface area contributed by atoms with E-state index in [1.54, 1.807) is 30.4 Å². The molecule has 0 amide bonds. The van der Waals surface area contributed by atoms with Crippen LogP contribution in [-0.2, 0) is 20.7 Å². The van der Waals surface area contributed by atoms with E-state index in [-0.39, 0.29) is 12.3 Å². The molecule has 0 radical (unpaired) electrons. The fourth-order valence-corrected chi connectivity index (χ4v) is 3.07. The standard InChI is InChI=1S/C24H29NO5/c1-6-10-17(3)22(29-18(4)26)16-20(13-9-15-25)30-24(27)23-19(11-7-2)12-8-14-21(23)28-5/h6-9,12-14,17,20,22H,1-2,10-11,16H2,3-5H3/b13-9-/t17-,20-,22-/m0/s1. The summed E-state index contributed by atoms with van der Waals surface area (Å²) in [4.78, 5) is 24.6. The maximum atomic E-state index is 13.0. The van der Waals surface area contributed by atoms with Gasteiger partial charge in [-0.05, 0) is 36.5 Å². The van der Waals surface area contributed by atoms with Crippen molar-refractivity contribution in [2.75, 3.05) is 7.11 Å². The van der Waals surface area contributed by atoms with Gasteiger partial charge in [-0.2, -0.15) is 5.26 Å². The van der Waals surface area contributed by atoms with Crippen LogP contribution in [0.15, 0.2) is 55.7 Å². The van der Waals surface area contributed by atoms with E-state index in [4.69, 9.17) is 19.5 Å².